The summed E-state index contributed by atoms with van der Waals surface area (Å²) in [5, 5.41) is 3.76. The average Bonchev–Trinajstić information content (AvgIpc) is 3.36. The fourth-order valence-corrected chi connectivity index (χ4v) is 5.59. The summed E-state index contributed by atoms with van der Waals surface area (Å²) in [6, 6.07) is 13.9. The van der Waals surface area contributed by atoms with Crippen molar-refractivity contribution in [1.29, 1.82) is 0 Å². The van der Waals surface area contributed by atoms with Crippen LogP contribution in [0.3, 0.4) is 0 Å². The summed E-state index contributed by atoms with van der Waals surface area (Å²) in [6.45, 7) is 4.59. The molecule has 35 heavy (non-hydrogen) atoms. The Labute approximate surface area is 210 Å². The van der Waals surface area contributed by atoms with Crippen LogP contribution in [-0.4, -0.2) is 52.9 Å². The molecular weight excluding hydrogens is 458 g/mol. The number of rotatable bonds is 6. The van der Waals surface area contributed by atoms with Crippen molar-refractivity contribution in [3.8, 4) is 0 Å². The van der Waals surface area contributed by atoms with Gasteiger partial charge in [-0.05, 0) is 72.4 Å². The molecule has 0 saturated carbocycles. The molecule has 2 aliphatic rings. The van der Waals surface area contributed by atoms with Gasteiger partial charge >= 0.3 is 0 Å². The Hall–Kier alpha value is -3.39. The van der Waals surface area contributed by atoms with Crippen LogP contribution in [0.2, 0.25) is 0 Å². The maximum atomic E-state index is 13.1. The van der Waals surface area contributed by atoms with Crippen molar-refractivity contribution in [3.05, 3.63) is 77.1 Å². The summed E-state index contributed by atoms with van der Waals surface area (Å²) in [7, 11) is 0. The molecule has 1 aliphatic heterocycles. The lowest BCUT2D eigenvalue weighted by molar-refractivity contribution is -0.129. The lowest BCUT2D eigenvalue weighted by Crippen LogP contribution is -2.48. The second-order valence-electron chi connectivity index (χ2n) is 8.95. The first-order chi connectivity index (χ1) is 17.1. The molecule has 0 spiro atoms. The Bertz CT molecular complexity index is 1240. The number of thioether (sulfide) groups is 1. The second kappa shape index (κ2) is 10.5. The largest absolute Gasteiger partial charge is 0.353 e. The van der Waals surface area contributed by atoms with Crippen LogP contribution >= 0.6 is 11.8 Å². The van der Waals surface area contributed by atoms with E-state index >= 15 is 0 Å². The summed E-state index contributed by atoms with van der Waals surface area (Å²) < 4.78 is 0. The maximum Gasteiger partial charge on any atom is 0.258 e. The van der Waals surface area contributed by atoms with Gasteiger partial charge in [-0.1, -0.05) is 6.07 Å². The zero-order chi connectivity index (χ0) is 24.2. The highest BCUT2D eigenvalue weighted by Gasteiger charge is 2.20. The highest BCUT2D eigenvalue weighted by Crippen LogP contribution is 2.28. The quantitative estimate of drug-likeness (QED) is 0.526. The van der Waals surface area contributed by atoms with Crippen molar-refractivity contribution in [3.63, 3.8) is 0 Å². The minimum Gasteiger partial charge on any atom is -0.353 e. The molecule has 7 nitrogen and oxygen atoms in total. The fraction of sp³-hybridized carbons (Fsp3) is 0.333. The molecule has 5 rings (SSSR count). The molecule has 180 valence electrons. The molecule has 8 heteroatoms. The van der Waals surface area contributed by atoms with E-state index in [1.54, 1.807) is 30.9 Å². The molecule has 1 aromatic carbocycles. The molecule has 1 aliphatic carbocycles. The Balaban J connectivity index is 1.24. The molecule has 2 amide bonds. The number of piperazine rings is 1. The van der Waals surface area contributed by atoms with E-state index < -0.39 is 0 Å². The number of carbonyl (C=O) groups is 2. The summed E-state index contributed by atoms with van der Waals surface area (Å²) in [4.78, 5) is 37.8. The number of nitrogens with zero attached hydrogens (tertiary/aromatic N) is 4. The molecule has 3 aromatic rings. The van der Waals surface area contributed by atoms with Crippen molar-refractivity contribution in [2.45, 2.75) is 37.0 Å². The second-order valence-corrected chi connectivity index (χ2v) is 9.92. The summed E-state index contributed by atoms with van der Waals surface area (Å²) in [6.07, 6.45) is 6.93. The van der Waals surface area contributed by atoms with E-state index in [0.717, 1.165) is 43.0 Å². The first-order valence-electron chi connectivity index (χ1n) is 12.0. The SMILES string of the molecule is CC(=O)N1CCN(c2cc(CSc3ncccc3C(=O)Nc3ccc4c(c3)CCC4)ccn2)CC1. The summed E-state index contributed by atoms with van der Waals surface area (Å²) in [5.74, 6) is 1.58. The lowest BCUT2D eigenvalue weighted by Gasteiger charge is -2.35. The van der Waals surface area contributed by atoms with E-state index in [-0.39, 0.29) is 11.8 Å². The van der Waals surface area contributed by atoms with E-state index in [4.69, 9.17) is 0 Å². The normalized spacial score (nSPS) is 15.1. The molecule has 0 atom stereocenters. The van der Waals surface area contributed by atoms with Crippen LogP contribution in [-0.2, 0) is 23.4 Å². The number of benzene rings is 1. The van der Waals surface area contributed by atoms with Gasteiger partial charge in [0.25, 0.3) is 5.91 Å². The van der Waals surface area contributed by atoms with Crippen molar-refractivity contribution in [1.82, 2.24) is 14.9 Å². The predicted octanol–water partition coefficient (Wildman–Crippen LogP) is 4.18. The maximum absolute atomic E-state index is 13.1. The number of pyridine rings is 2. The first-order valence-corrected chi connectivity index (χ1v) is 13.0. The van der Waals surface area contributed by atoms with Gasteiger partial charge in [0.05, 0.1) is 5.56 Å². The van der Waals surface area contributed by atoms with Crippen molar-refractivity contribution >= 4 is 35.1 Å². The van der Waals surface area contributed by atoms with Gasteiger partial charge < -0.3 is 15.1 Å². The summed E-state index contributed by atoms with van der Waals surface area (Å²) >= 11 is 1.55. The van der Waals surface area contributed by atoms with Crippen LogP contribution in [0.5, 0.6) is 0 Å². The number of nitrogens with one attached hydrogen (secondary N) is 1. The smallest absolute Gasteiger partial charge is 0.258 e. The third kappa shape index (κ3) is 5.48. The van der Waals surface area contributed by atoms with E-state index in [2.05, 4.69) is 38.4 Å². The minimum atomic E-state index is -0.141. The Morgan fingerprint density at radius 2 is 1.80 bits per heavy atom. The summed E-state index contributed by atoms with van der Waals surface area (Å²) in [5.41, 5.74) is 5.24. The molecule has 2 aromatic heterocycles. The van der Waals surface area contributed by atoms with Gasteiger partial charge in [0.2, 0.25) is 5.91 Å². The van der Waals surface area contributed by atoms with Crippen LogP contribution in [0.1, 0.15) is 40.4 Å². The third-order valence-corrected chi connectivity index (χ3v) is 7.68. The molecule has 1 fully saturated rings. The predicted molar refractivity (Wildman–Crippen MR) is 139 cm³/mol. The zero-order valence-corrected chi connectivity index (χ0v) is 20.7. The van der Waals surface area contributed by atoms with Gasteiger partial charge in [0, 0.05) is 56.9 Å². The molecule has 0 bridgehead atoms. The number of hydrogen-bond acceptors (Lipinski definition) is 6. The van der Waals surface area contributed by atoms with Gasteiger partial charge in [-0.25, -0.2) is 9.97 Å². The monoisotopic (exact) mass is 487 g/mol. The van der Waals surface area contributed by atoms with Crippen molar-refractivity contribution in [2.75, 3.05) is 36.4 Å². The fourth-order valence-electron chi connectivity index (χ4n) is 4.65. The zero-order valence-electron chi connectivity index (χ0n) is 19.9. The van der Waals surface area contributed by atoms with Crippen LogP contribution in [0.15, 0.2) is 59.9 Å². The topological polar surface area (TPSA) is 78.4 Å². The molecule has 1 N–H and O–H groups in total. The molecular formula is C27H29N5O2S. The Kier molecular flexibility index (Phi) is 6.99. The van der Waals surface area contributed by atoms with E-state index in [9.17, 15) is 9.59 Å². The van der Waals surface area contributed by atoms with Gasteiger partial charge in [-0.15, -0.1) is 11.8 Å². The minimum absolute atomic E-state index is 0.120. The number of hydrogen-bond donors (Lipinski definition) is 1. The van der Waals surface area contributed by atoms with Gasteiger partial charge in [-0.3, -0.25) is 9.59 Å². The number of amides is 2. The highest BCUT2D eigenvalue weighted by molar-refractivity contribution is 7.98. The number of anilines is 2. The average molecular weight is 488 g/mol. The molecule has 3 heterocycles. The van der Waals surface area contributed by atoms with Crippen LogP contribution in [0, 0.1) is 0 Å². The molecule has 0 unspecified atom stereocenters. The first kappa shape index (κ1) is 23.4. The van der Waals surface area contributed by atoms with Crippen molar-refractivity contribution < 1.29 is 9.59 Å². The number of aromatic nitrogens is 2. The molecule has 1 saturated heterocycles. The number of carbonyl (C=O) groups excluding carboxylic acids is 2. The van der Waals surface area contributed by atoms with Crippen molar-refractivity contribution in [2.24, 2.45) is 0 Å². The lowest BCUT2D eigenvalue weighted by atomic mass is 10.1. The van der Waals surface area contributed by atoms with Crippen LogP contribution < -0.4 is 10.2 Å². The number of fused-ring (bicyclic) bond motifs is 1. The standard InChI is InChI=1S/C27H29N5O2S/c1-19(33)31-12-14-32(15-13-31)25-16-20(9-11-28-25)18-35-27-24(6-3-10-29-27)26(34)30-23-8-7-21-4-2-5-22(21)17-23/h3,6-11,16-17H,2,4-5,12-15,18H2,1H3,(H,30,34). The number of aryl methyl sites for hydroxylation is 2. The van der Waals surface area contributed by atoms with E-state index in [1.807, 2.05) is 29.3 Å². The van der Waals surface area contributed by atoms with Gasteiger partial charge in [0.1, 0.15) is 10.8 Å². The van der Waals surface area contributed by atoms with Gasteiger partial charge in [-0.2, -0.15) is 0 Å². The highest BCUT2D eigenvalue weighted by atomic mass is 32.2. The van der Waals surface area contributed by atoms with Crippen LogP contribution in [0.4, 0.5) is 11.5 Å². The van der Waals surface area contributed by atoms with Crippen LogP contribution in [0.25, 0.3) is 0 Å². The molecule has 0 radical (unpaired) electrons. The van der Waals surface area contributed by atoms with Gasteiger partial charge in [0.15, 0.2) is 0 Å². The van der Waals surface area contributed by atoms with E-state index in [1.165, 1.54) is 17.5 Å². The Morgan fingerprint density at radius 1 is 0.971 bits per heavy atom. The van der Waals surface area contributed by atoms with E-state index in [0.29, 0.717) is 29.4 Å². The third-order valence-electron chi connectivity index (χ3n) is 6.61. The Morgan fingerprint density at radius 3 is 2.63 bits per heavy atom.